The molecule has 1 fully saturated rings. The second kappa shape index (κ2) is 6.34. The Hall–Kier alpha value is -1.84. The number of fused-ring (bicyclic) bond motifs is 1. The van der Waals surface area contributed by atoms with E-state index in [4.69, 9.17) is 0 Å². The predicted octanol–water partition coefficient (Wildman–Crippen LogP) is 3.39. The minimum atomic E-state index is 0.0672. The molecule has 1 heterocycles. The van der Waals surface area contributed by atoms with Gasteiger partial charge in [0, 0.05) is 36.8 Å². The molecule has 4 heteroatoms. The lowest BCUT2D eigenvalue weighted by atomic mass is 10.0. The smallest absolute Gasteiger partial charge is 0.254 e. The molecule has 0 bridgehead atoms. The van der Waals surface area contributed by atoms with Crippen molar-refractivity contribution < 1.29 is 9.59 Å². The molecule has 0 unspecified atom stereocenters. The molecule has 1 aliphatic carbocycles. The Kier molecular flexibility index (Phi) is 4.42. The monoisotopic (exact) mass is 314 g/mol. The van der Waals surface area contributed by atoms with Crippen LogP contribution >= 0.6 is 0 Å². The van der Waals surface area contributed by atoms with Gasteiger partial charge in [-0.3, -0.25) is 9.59 Å². The van der Waals surface area contributed by atoms with Gasteiger partial charge in [0.1, 0.15) is 0 Å². The molecule has 124 valence electrons. The molecule has 0 spiro atoms. The van der Waals surface area contributed by atoms with Crippen molar-refractivity contribution in [2.24, 2.45) is 0 Å². The average molecular weight is 314 g/mol. The topological polar surface area (TPSA) is 40.6 Å². The molecular weight excluding hydrogens is 288 g/mol. The molecule has 0 N–H and O–H groups in total. The Balaban J connectivity index is 1.86. The van der Waals surface area contributed by atoms with E-state index < -0.39 is 0 Å². The Bertz CT molecular complexity index is 618. The number of benzene rings is 1. The third-order valence-corrected chi connectivity index (χ3v) is 5.11. The number of rotatable bonds is 3. The van der Waals surface area contributed by atoms with Crippen LogP contribution in [0.2, 0.25) is 0 Å². The van der Waals surface area contributed by atoms with E-state index >= 15 is 0 Å². The second-order valence-corrected chi connectivity index (χ2v) is 7.01. The number of anilines is 1. The number of carbonyl (C=O) groups excluding carboxylic acids is 2. The quantitative estimate of drug-likeness (QED) is 0.858. The van der Waals surface area contributed by atoms with E-state index in [1.54, 1.807) is 11.8 Å². The molecule has 2 amide bonds. The lowest BCUT2D eigenvalue weighted by Gasteiger charge is -2.33. The minimum absolute atomic E-state index is 0.0672. The zero-order valence-electron chi connectivity index (χ0n) is 14.3. The van der Waals surface area contributed by atoms with E-state index in [1.165, 1.54) is 12.8 Å². The van der Waals surface area contributed by atoms with Gasteiger partial charge in [0.15, 0.2) is 0 Å². The van der Waals surface area contributed by atoms with Crippen LogP contribution < -0.4 is 4.90 Å². The second-order valence-electron chi connectivity index (χ2n) is 7.01. The summed E-state index contributed by atoms with van der Waals surface area (Å²) in [4.78, 5) is 28.5. The highest BCUT2D eigenvalue weighted by Crippen LogP contribution is 2.31. The van der Waals surface area contributed by atoms with Crippen LogP contribution in [0.3, 0.4) is 0 Å². The van der Waals surface area contributed by atoms with Gasteiger partial charge in [0.25, 0.3) is 5.91 Å². The van der Waals surface area contributed by atoms with E-state index in [-0.39, 0.29) is 17.9 Å². The summed E-state index contributed by atoms with van der Waals surface area (Å²) in [6.45, 7) is 6.51. The van der Waals surface area contributed by atoms with Crippen molar-refractivity contribution in [1.29, 1.82) is 0 Å². The maximum absolute atomic E-state index is 13.0. The molecule has 1 saturated carbocycles. The highest BCUT2D eigenvalue weighted by Gasteiger charge is 2.30. The van der Waals surface area contributed by atoms with Crippen LogP contribution in [-0.4, -0.2) is 35.3 Å². The van der Waals surface area contributed by atoms with E-state index in [0.29, 0.717) is 6.04 Å². The Morgan fingerprint density at radius 1 is 1.22 bits per heavy atom. The first-order chi connectivity index (χ1) is 11.0. The van der Waals surface area contributed by atoms with Crippen molar-refractivity contribution in [3.63, 3.8) is 0 Å². The number of amides is 2. The van der Waals surface area contributed by atoms with Crippen LogP contribution in [-0.2, 0) is 11.2 Å². The number of hydrogen-bond donors (Lipinski definition) is 0. The van der Waals surface area contributed by atoms with Gasteiger partial charge >= 0.3 is 0 Å². The zero-order chi connectivity index (χ0) is 16.6. The van der Waals surface area contributed by atoms with Gasteiger partial charge < -0.3 is 9.80 Å². The Labute approximate surface area is 138 Å². The summed E-state index contributed by atoms with van der Waals surface area (Å²) >= 11 is 0. The van der Waals surface area contributed by atoms with Gasteiger partial charge in [0.2, 0.25) is 5.91 Å². The number of nitrogens with zero attached hydrogens (tertiary/aromatic N) is 2. The molecule has 0 radical (unpaired) electrons. The first-order valence-electron chi connectivity index (χ1n) is 8.72. The lowest BCUT2D eigenvalue weighted by Crippen LogP contribution is -2.43. The number of carbonyl (C=O) groups is 2. The average Bonchev–Trinajstić information content (AvgIpc) is 3.15. The summed E-state index contributed by atoms with van der Waals surface area (Å²) in [6, 6.07) is 6.40. The summed E-state index contributed by atoms with van der Waals surface area (Å²) in [7, 11) is 0. The van der Waals surface area contributed by atoms with Gasteiger partial charge in [-0.15, -0.1) is 0 Å². The molecule has 23 heavy (non-hydrogen) atoms. The fourth-order valence-corrected chi connectivity index (χ4v) is 4.02. The van der Waals surface area contributed by atoms with Crippen LogP contribution in [0, 0.1) is 0 Å². The zero-order valence-corrected chi connectivity index (χ0v) is 14.3. The van der Waals surface area contributed by atoms with Gasteiger partial charge in [0.05, 0.1) is 0 Å². The molecule has 0 aromatic heterocycles. The van der Waals surface area contributed by atoms with Crippen molar-refractivity contribution in [3.05, 3.63) is 29.3 Å². The van der Waals surface area contributed by atoms with Crippen molar-refractivity contribution in [3.8, 4) is 0 Å². The molecule has 0 atom stereocenters. The van der Waals surface area contributed by atoms with E-state index in [2.05, 4.69) is 18.7 Å². The van der Waals surface area contributed by atoms with E-state index in [0.717, 1.165) is 42.6 Å². The molecule has 1 aromatic carbocycles. The van der Waals surface area contributed by atoms with Crippen LogP contribution in [0.25, 0.3) is 0 Å². The minimum Gasteiger partial charge on any atom is -0.333 e. The fourth-order valence-electron chi connectivity index (χ4n) is 4.02. The number of hydrogen-bond acceptors (Lipinski definition) is 2. The Morgan fingerprint density at radius 3 is 2.52 bits per heavy atom. The predicted molar refractivity (Wildman–Crippen MR) is 91.7 cm³/mol. The molecule has 4 nitrogen and oxygen atoms in total. The molecule has 2 aliphatic rings. The highest BCUT2D eigenvalue weighted by atomic mass is 16.2. The maximum Gasteiger partial charge on any atom is 0.254 e. The van der Waals surface area contributed by atoms with Crippen molar-refractivity contribution in [1.82, 2.24) is 4.90 Å². The normalized spacial score (nSPS) is 17.7. The summed E-state index contributed by atoms with van der Waals surface area (Å²) in [6.07, 6.45) is 5.51. The van der Waals surface area contributed by atoms with Crippen LogP contribution in [0.4, 0.5) is 5.69 Å². The standard InChI is InChI=1S/C19H26N2O2/c1-13(2)21(17-6-4-5-7-17)19(23)16-8-9-18-15(12-16)10-11-20(18)14(3)22/h8-9,12-13,17H,4-7,10-11H2,1-3H3. The van der Waals surface area contributed by atoms with Gasteiger partial charge in [-0.25, -0.2) is 0 Å². The summed E-state index contributed by atoms with van der Waals surface area (Å²) in [5.41, 5.74) is 2.84. The summed E-state index contributed by atoms with van der Waals surface area (Å²) in [5, 5.41) is 0. The Morgan fingerprint density at radius 2 is 1.91 bits per heavy atom. The van der Waals surface area contributed by atoms with Crippen molar-refractivity contribution in [2.45, 2.75) is 65.0 Å². The highest BCUT2D eigenvalue weighted by molar-refractivity contribution is 5.98. The third-order valence-electron chi connectivity index (χ3n) is 5.11. The van der Waals surface area contributed by atoms with Crippen LogP contribution in [0.5, 0.6) is 0 Å². The first-order valence-corrected chi connectivity index (χ1v) is 8.72. The lowest BCUT2D eigenvalue weighted by molar-refractivity contribution is -0.116. The SMILES string of the molecule is CC(=O)N1CCc2cc(C(=O)N(C(C)C)C3CCCC3)ccc21. The van der Waals surface area contributed by atoms with E-state index in [1.807, 2.05) is 18.2 Å². The van der Waals surface area contributed by atoms with Gasteiger partial charge in [-0.2, -0.15) is 0 Å². The van der Waals surface area contributed by atoms with Crippen molar-refractivity contribution >= 4 is 17.5 Å². The first kappa shape index (κ1) is 16.0. The molecule has 0 saturated heterocycles. The molecular formula is C19H26N2O2. The van der Waals surface area contributed by atoms with Gasteiger partial charge in [-0.1, -0.05) is 12.8 Å². The largest absolute Gasteiger partial charge is 0.333 e. The maximum atomic E-state index is 13.0. The van der Waals surface area contributed by atoms with E-state index in [9.17, 15) is 9.59 Å². The fraction of sp³-hybridized carbons (Fsp3) is 0.579. The van der Waals surface area contributed by atoms with Crippen LogP contribution in [0.15, 0.2) is 18.2 Å². The van der Waals surface area contributed by atoms with Gasteiger partial charge in [-0.05, 0) is 56.9 Å². The van der Waals surface area contributed by atoms with Crippen molar-refractivity contribution in [2.75, 3.05) is 11.4 Å². The molecule has 1 aliphatic heterocycles. The van der Waals surface area contributed by atoms with Crippen LogP contribution in [0.1, 0.15) is 62.4 Å². The summed E-state index contributed by atoms with van der Waals surface area (Å²) < 4.78 is 0. The molecule has 1 aromatic rings. The summed E-state index contributed by atoms with van der Waals surface area (Å²) in [5.74, 6) is 0.202. The molecule has 3 rings (SSSR count). The third kappa shape index (κ3) is 2.99.